The number of aromatic amines is 2. The highest BCUT2D eigenvalue weighted by Crippen LogP contribution is 2.44. The smallest absolute Gasteiger partial charge is 0.167 e. The summed E-state index contributed by atoms with van der Waals surface area (Å²) in [5.74, 6) is -0.0525. The quantitative estimate of drug-likeness (QED) is 0.263. The molecule has 4 rings (SSSR count). The van der Waals surface area contributed by atoms with Crippen LogP contribution in [0.5, 0.6) is 17.2 Å². The van der Waals surface area contributed by atoms with E-state index in [-0.39, 0.29) is 17.2 Å². The molecule has 0 aliphatic rings. The van der Waals surface area contributed by atoms with Crippen molar-refractivity contribution in [3.63, 3.8) is 0 Å². The zero-order chi connectivity index (χ0) is 21.4. The number of nitrogens with zero attached hydrogens (tertiary/aromatic N) is 1. The first-order valence-corrected chi connectivity index (χ1v) is 10.1. The van der Waals surface area contributed by atoms with E-state index in [4.69, 9.17) is 0 Å². The van der Waals surface area contributed by atoms with Gasteiger partial charge >= 0.3 is 0 Å². The van der Waals surface area contributed by atoms with Crippen LogP contribution in [-0.2, 0) is 12.8 Å². The minimum Gasteiger partial charge on any atom is -0.507 e. The molecule has 0 fully saturated rings. The summed E-state index contributed by atoms with van der Waals surface area (Å²) in [5.41, 5.74) is 5.10. The number of phenolic OH excluding ortho intramolecular Hbond substituents is 3. The first-order valence-electron chi connectivity index (χ1n) is 10.1. The molecule has 2 heterocycles. The van der Waals surface area contributed by atoms with Gasteiger partial charge in [-0.25, -0.2) is 0 Å². The number of benzene rings is 2. The van der Waals surface area contributed by atoms with Gasteiger partial charge in [-0.1, -0.05) is 6.07 Å². The van der Waals surface area contributed by atoms with Crippen LogP contribution in [0.3, 0.4) is 0 Å². The van der Waals surface area contributed by atoms with Crippen LogP contribution in [0.15, 0.2) is 30.5 Å². The number of hydrogen-bond donors (Lipinski definition) is 6. The second-order valence-electron chi connectivity index (χ2n) is 7.94. The van der Waals surface area contributed by atoms with E-state index in [2.05, 4.69) is 20.2 Å². The second kappa shape index (κ2) is 7.93. The third-order valence-electron chi connectivity index (χ3n) is 5.62. The van der Waals surface area contributed by atoms with Crippen molar-refractivity contribution in [3.8, 4) is 28.5 Å². The lowest BCUT2D eigenvalue weighted by Gasteiger charge is -2.13. The largest absolute Gasteiger partial charge is 0.507 e. The molecule has 30 heavy (non-hydrogen) atoms. The Hall–Kier alpha value is -3.16. The van der Waals surface area contributed by atoms with E-state index in [0.717, 1.165) is 58.3 Å². The Morgan fingerprint density at radius 3 is 2.57 bits per heavy atom. The molecule has 0 bridgehead atoms. The predicted octanol–water partition coefficient (Wildman–Crippen LogP) is 3.30. The number of H-pyrrole nitrogens is 2. The molecule has 0 saturated heterocycles. The Bertz CT molecular complexity index is 1210. The maximum atomic E-state index is 10.6. The Kier molecular flexibility index (Phi) is 5.32. The molecule has 0 amide bonds. The average molecular weight is 409 g/mol. The van der Waals surface area contributed by atoms with Crippen LogP contribution in [0, 0.1) is 0 Å². The molecule has 0 unspecified atom stereocenters. The summed E-state index contributed by atoms with van der Waals surface area (Å²) in [6.07, 6.45) is 3.31. The number of fused-ring (bicyclic) bond motifs is 2. The molecule has 0 atom stereocenters. The van der Waals surface area contributed by atoms with E-state index in [0.29, 0.717) is 11.8 Å². The molecule has 4 aromatic rings. The second-order valence-corrected chi connectivity index (χ2v) is 7.94. The molecule has 0 aliphatic heterocycles. The lowest BCUT2D eigenvalue weighted by atomic mass is 9.98. The molecule has 0 radical (unpaired) electrons. The van der Waals surface area contributed by atoms with Crippen LogP contribution in [0.4, 0.5) is 0 Å². The maximum absolute atomic E-state index is 10.6. The summed E-state index contributed by atoms with van der Waals surface area (Å²) < 4.78 is 0. The van der Waals surface area contributed by atoms with Crippen molar-refractivity contribution in [2.45, 2.75) is 12.8 Å². The topological polar surface area (TPSA) is 108 Å². The van der Waals surface area contributed by atoms with E-state index in [1.807, 2.05) is 39.5 Å². The summed E-state index contributed by atoms with van der Waals surface area (Å²) >= 11 is 0. The number of hydrogen-bond acceptors (Lipinski definition) is 5. The Balaban J connectivity index is 1.98. The summed E-state index contributed by atoms with van der Waals surface area (Å²) in [5, 5.41) is 36.2. The van der Waals surface area contributed by atoms with Gasteiger partial charge < -0.3 is 35.5 Å². The minimum absolute atomic E-state index is 0.116. The Morgan fingerprint density at radius 1 is 1.03 bits per heavy atom. The Morgan fingerprint density at radius 2 is 1.83 bits per heavy atom. The third-order valence-corrected chi connectivity index (χ3v) is 5.62. The summed E-state index contributed by atoms with van der Waals surface area (Å²) in [6.45, 7) is 1.56. The molecular formula is C23H28N4O3. The third kappa shape index (κ3) is 3.36. The molecule has 6 N–H and O–H groups in total. The number of likely N-dealkylation sites (N-methyl/N-ethyl adjacent to an activating group) is 2. The van der Waals surface area contributed by atoms with Gasteiger partial charge in [0.25, 0.3) is 0 Å². The standard InChI is InChI=1S/C23H28N4O3/c1-24-9-7-13-12-25-22-15(11-18(29)23(30)19(13)22)21-14(8-10-27(2)3)20-16(26-21)5-4-6-17(20)28/h4-6,11-12,24-26,28-30H,7-10H2,1-3H3. The highest BCUT2D eigenvalue weighted by Gasteiger charge is 2.22. The minimum atomic E-state index is -0.163. The maximum Gasteiger partial charge on any atom is 0.167 e. The molecule has 7 nitrogen and oxygen atoms in total. The number of phenols is 3. The Labute approximate surface area is 175 Å². The first kappa shape index (κ1) is 20.1. The fraction of sp³-hybridized carbons (Fsp3) is 0.304. The number of rotatable bonds is 7. The van der Waals surface area contributed by atoms with Crippen LogP contribution < -0.4 is 5.32 Å². The molecule has 0 saturated carbocycles. The molecule has 0 aliphatic carbocycles. The van der Waals surface area contributed by atoms with E-state index in [1.54, 1.807) is 12.1 Å². The van der Waals surface area contributed by atoms with E-state index in [9.17, 15) is 15.3 Å². The number of aromatic hydroxyl groups is 3. The van der Waals surface area contributed by atoms with Gasteiger partial charge in [0.15, 0.2) is 11.5 Å². The lowest BCUT2D eigenvalue weighted by Crippen LogP contribution is -2.15. The summed E-state index contributed by atoms with van der Waals surface area (Å²) in [7, 11) is 5.90. The van der Waals surface area contributed by atoms with Crippen LogP contribution in [0.1, 0.15) is 11.1 Å². The first-order chi connectivity index (χ1) is 14.4. The molecular weight excluding hydrogens is 380 g/mol. The molecule has 158 valence electrons. The zero-order valence-corrected chi connectivity index (χ0v) is 17.5. The van der Waals surface area contributed by atoms with Crippen molar-refractivity contribution in [1.82, 2.24) is 20.2 Å². The van der Waals surface area contributed by atoms with Crippen LogP contribution in [-0.4, -0.2) is 64.4 Å². The van der Waals surface area contributed by atoms with Gasteiger partial charge in [-0.05, 0) is 69.9 Å². The van der Waals surface area contributed by atoms with Gasteiger partial charge in [-0.15, -0.1) is 0 Å². The van der Waals surface area contributed by atoms with Crippen molar-refractivity contribution in [3.05, 3.63) is 41.6 Å². The van der Waals surface area contributed by atoms with Crippen LogP contribution in [0.25, 0.3) is 33.1 Å². The molecule has 2 aromatic heterocycles. The zero-order valence-electron chi connectivity index (χ0n) is 17.5. The lowest BCUT2D eigenvalue weighted by molar-refractivity contribution is 0.408. The summed E-state index contributed by atoms with van der Waals surface area (Å²) in [6, 6.07) is 7.01. The van der Waals surface area contributed by atoms with E-state index in [1.165, 1.54) is 0 Å². The normalized spacial score (nSPS) is 11.9. The highest BCUT2D eigenvalue weighted by molar-refractivity contribution is 6.05. The molecule has 2 aromatic carbocycles. The van der Waals surface area contributed by atoms with Gasteiger partial charge in [0.1, 0.15) is 5.75 Å². The van der Waals surface area contributed by atoms with Crippen molar-refractivity contribution in [1.29, 1.82) is 0 Å². The predicted molar refractivity (Wildman–Crippen MR) is 120 cm³/mol. The van der Waals surface area contributed by atoms with Gasteiger partial charge in [0, 0.05) is 34.6 Å². The van der Waals surface area contributed by atoms with Gasteiger partial charge in [-0.2, -0.15) is 0 Å². The fourth-order valence-electron chi connectivity index (χ4n) is 4.12. The van der Waals surface area contributed by atoms with Crippen molar-refractivity contribution in [2.24, 2.45) is 0 Å². The SMILES string of the molecule is CNCCc1c[nH]c2c(-c3[nH]c4cccc(O)c4c3CCN(C)C)cc(O)c(O)c12. The summed E-state index contributed by atoms with van der Waals surface area (Å²) in [4.78, 5) is 8.82. The monoisotopic (exact) mass is 408 g/mol. The fourth-order valence-corrected chi connectivity index (χ4v) is 4.12. The van der Waals surface area contributed by atoms with Gasteiger partial charge in [-0.3, -0.25) is 0 Å². The average Bonchev–Trinajstić information content (AvgIpc) is 3.30. The molecule has 0 spiro atoms. The van der Waals surface area contributed by atoms with Crippen molar-refractivity contribution >= 4 is 21.8 Å². The van der Waals surface area contributed by atoms with E-state index < -0.39 is 0 Å². The van der Waals surface area contributed by atoms with E-state index >= 15 is 0 Å². The van der Waals surface area contributed by atoms with Crippen LogP contribution >= 0.6 is 0 Å². The van der Waals surface area contributed by atoms with Crippen molar-refractivity contribution < 1.29 is 15.3 Å². The number of aromatic nitrogens is 2. The molecule has 7 heteroatoms. The van der Waals surface area contributed by atoms with Gasteiger partial charge in [0.2, 0.25) is 0 Å². The van der Waals surface area contributed by atoms with Gasteiger partial charge in [0.05, 0.1) is 11.2 Å². The highest BCUT2D eigenvalue weighted by atomic mass is 16.3. The van der Waals surface area contributed by atoms with Crippen molar-refractivity contribution in [2.75, 3.05) is 34.2 Å². The van der Waals surface area contributed by atoms with Crippen LogP contribution in [0.2, 0.25) is 0 Å². The number of nitrogens with one attached hydrogen (secondary N) is 3.